The molecule has 0 saturated heterocycles. The van der Waals surface area contributed by atoms with Gasteiger partial charge in [0.1, 0.15) is 0 Å². The molecule has 1 N–H and O–H groups in total. The monoisotopic (exact) mass is 237 g/mol. The highest BCUT2D eigenvalue weighted by atomic mass is 16.1. The summed E-state index contributed by atoms with van der Waals surface area (Å²) < 4.78 is 0. The Morgan fingerprint density at radius 2 is 1.72 bits per heavy atom. The summed E-state index contributed by atoms with van der Waals surface area (Å²) in [5, 5.41) is 3.46. The Labute approximate surface area is 107 Å². The third-order valence-electron chi connectivity index (χ3n) is 3.42. The summed E-state index contributed by atoms with van der Waals surface area (Å²) in [5.74, 6) is 0.246. The van der Waals surface area contributed by atoms with E-state index in [0.717, 1.165) is 17.7 Å². The van der Waals surface area contributed by atoms with Gasteiger partial charge in [0.25, 0.3) is 0 Å². The molecule has 90 valence electrons. The molecule has 2 nitrogen and oxygen atoms in total. The summed E-state index contributed by atoms with van der Waals surface area (Å²) in [7, 11) is 0. The molecule has 1 unspecified atom stereocenters. The lowest BCUT2D eigenvalue weighted by Crippen LogP contribution is -2.18. The minimum atomic E-state index is 0.161. The van der Waals surface area contributed by atoms with Crippen LogP contribution in [0.1, 0.15) is 33.9 Å². The first-order valence-corrected chi connectivity index (χ1v) is 6.24. The zero-order chi connectivity index (χ0) is 12.4. The zero-order valence-electron chi connectivity index (χ0n) is 10.1. The van der Waals surface area contributed by atoms with Crippen molar-refractivity contribution in [1.29, 1.82) is 0 Å². The molecule has 18 heavy (non-hydrogen) atoms. The van der Waals surface area contributed by atoms with Crippen molar-refractivity contribution in [3.63, 3.8) is 0 Å². The molecule has 1 aliphatic rings. The molecule has 0 aromatic heterocycles. The predicted molar refractivity (Wildman–Crippen MR) is 71.4 cm³/mol. The van der Waals surface area contributed by atoms with Crippen molar-refractivity contribution in [2.24, 2.45) is 0 Å². The quantitative estimate of drug-likeness (QED) is 0.888. The largest absolute Gasteiger partial charge is 0.305 e. The topological polar surface area (TPSA) is 29.1 Å². The molecule has 0 amide bonds. The fourth-order valence-corrected chi connectivity index (χ4v) is 2.48. The van der Waals surface area contributed by atoms with Crippen LogP contribution in [0.4, 0.5) is 0 Å². The number of fused-ring (bicyclic) bond motifs is 1. The maximum absolute atomic E-state index is 11.8. The molecule has 2 heteroatoms. The van der Waals surface area contributed by atoms with Gasteiger partial charge in [0, 0.05) is 24.6 Å². The first-order chi connectivity index (χ1) is 8.84. The maximum Gasteiger partial charge on any atom is 0.165 e. The number of hydrogen-bond donors (Lipinski definition) is 1. The lowest BCUT2D eigenvalue weighted by atomic mass is 10.1. The van der Waals surface area contributed by atoms with Gasteiger partial charge < -0.3 is 5.32 Å². The minimum absolute atomic E-state index is 0.161. The third kappa shape index (κ3) is 2.07. The van der Waals surface area contributed by atoms with Crippen LogP contribution in [-0.4, -0.2) is 5.78 Å². The van der Waals surface area contributed by atoms with Gasteiger partial charge in [0.05, 0.1) is 0 Å². The Morgan fingerprint density at radius 1 is 1.00 bits per heavy atom. The fourth-order valence-electron chi connectivity index (χ4n) is 2.48. The average Bonchev–Trinajstić information content (AvgIpc) is 2.75. The van der Waals surface area contributed by atoms with E-state index in [0.29, 0.717) is 6.42 Å². The van der Waals surface area contributed by atoms with Crippen LogP contribution in [0.5, 0.6) is 0 Å². The van der Waals surface area contributed by atoms with E-state index in [2.05, 4.69) is 17.4 Å². The molecule has 0 fully saturated rings. The van der Waals surface area contributed by atoms with E-state index in [1.165, 1.54) is 5.56 Å². The second-order valence-corrected chi connectivity index (χ2v) is 4.63. The van der Waals surface area contributed by atoms with Gasteiger partial charge in [0.15, 0.2) is 5.78 Å². The maximum atomic E-state index is 11.8. The van der Waals surface area contributed by atoms with Crippen molar-refractivity contribution < 1.29 is 4.79 Å². The molecule has 2 aromatic rings. The van der Waals surface area contributed by atoms with Crippen LogP contribution >= 0.6 is 0 Å². The number of carbonyl (C=O) groups is 1. The molecule has 0 radical (unpaired) electrons. The molecule has 0 heterocycles. The van der Waals surface area contributed by atoms with Gasteiger partial charge in [-0.25, -0.2) is 0 Å². The second-order valence-electron chi connectivity index (χ2n) is 4.63. The first kappa shape index (κ1) is 11.2. The number of carbonyl (C=O) groups excluding carboxylic acids is 1. The molecule has 3 rings (SSSR count). The van der Waals surface area contributed by atoms with E-state index >= 15 is 0 Å². The molecule has 2 aromatic carbocycles. The van der Waals surface area contributed by atoms with Crippen LogP contribution in [0.2, 0.25) is 0 Å². The second kappa shape index (κ2) is 4.75. The van der Waals surface area contributed by atoms with Gasteiger partial charge in [-0.3, -0.25) is 4.79 Å². The van der Waals surface area contributed by atoms with E-state index in [-0.39, 0.29) is 11.8 Å². The number of hydrogen-bond acceptors (Lipinski definition) is 2. The highest BCUT2D eigenvalue weighted by Gasteiger charge is 2.27. The highest BCUT2D eigenvalue weighted by Crippen LogP contribution is 2.30. The zero-order valence-corrected chi connectivity index (χ0v) is 10.1. The smallest absolute Gasteiger partial charge is 0.165 e. The molecule has 0 bridgehead atoms. The van der Waals surface area contributed by atoms with E-state index in [1.54, 1.807) is 0 Å². The van der Waals surface area contributed by atoms with E-state index < -0.39 is 0 Å². The van der Waals surface area contributed by atoms with Crippen molar-refractivity contribution in [2.45, 2.75) is 19.0 Å². The van der Waals surface area contributed by atoms with Gasteiger partial charge in [-0.15, -0.1) is 0 Å². The number of rotatable bonds is 3. The lowest BCUT2D eigenvalue weighted by Gasteiger charge is -2.13. The molecule has 1 atom stereocenters. The van der Waals surface area contributed by atoms with Crippen LogP contribution in [-0.2, 0) is 6.54 Å². The van der Waals surface area contributed by atoms with Gasteiger partial charge in [0.2, 0.25) is 0 Å². The normalized spacial score (nSPS) is 17.8. The molecular formula is C16H15NO. The van der Waals surface area contributed by atoms with Gasteiger partial charge >= 0.3 is 0 Å². The predicted octanol–water partition coefficient (Wildman–Crippen LogP) is 3.10. The molecule has 0 aliphatic heterocycles. The van der Waals surface area contributed by atoms with E-state index in [4.69, 9.17) is 0 Å². The lowest BCUT2D eigenvalue weighted by molar-refractivity contribution is 0.0985. The van der Waals surface area contributed by atoms with Crippen molar-refractivity contribution >= 4 is 5.78 Å². The van der Waals surface area contributed by atoms with Crippen molar-refractivity contribution in [2.75, 3.05) is 0 Å². The Kier molecular flexibility index (Phi) is 2.95. The van der Waals surface area contributed by atoms with Crippen LogP contribution in [0.15, 0.2) is 54.6 Å². The van der Waals surface area contributed by atoms with Crippen LogP contribution in [0.25, 0.3) is 0 Å². The van der Waals surface area contributed by atoms with Gasteiger partial charge in [-0.1, -0.05) is 54.6 Å². The fraction of sp³-hybridized carbons (Fsp3) is 0.188. The Bertz CT molecular complexity index is 562. The van der Waals surface area contributed by atoms with E-state index in [9.17, 15) is 4.79 Å². The third-order valence-corrected chi connectivity index (χ3v) is 3.42. The van der Waals surface area contributed by atoms with Crippen LogP contribution < -0.4 is 5.32 Å². The molecule has 1 aliphatic carbocycles. The summed E-state index contributed by atoms with van der Waals surface area (Å²) in [4.78, 5) is 11.8. The van der Waals surface area contributed by atoms with Crippen LogP contribution in [0.3, 0.4) is 0 Å². The molecule has 0 saturated carbocycles. The summed E-state index contributed by atoms with van der Waals surface area (Å²) in [6, 6.07) is 18.3. The van der Waals surface area contributed by atoms with Gasteiger partial charge in [-0.05, 0) is 11.1 Å². The molecule has 0 spiro atoms. The van der Waals surface area contributed by atoms with Crippen LogP contribution in [0, 0.1) is 0 Å². The Morgan fingerprint density at radius 3 is 2.56 bits per heavy atom. The van der Waals surface area contributed by atoms with Gasteiger partial charge in [-0.2, -0.15) is 0 Å². The summed E-state index contributed by atoms with van der Waals surface area (Å²) in [5.41, 5.74) is 3.26. The average molecular weight is 237 g/mol. The molecular weight excluding hydrogens is 222 g/mol. The SMILES string of the molecule is O=C1CC(NCc2ccccc2)c2ccccc21. The summed E-state index contributed by atoms with van der Waals surface area (Å²) in [6.45, 7) is 0.799. The standard InChI is InChI=1S/C16H15NO/c18-16-10-15(13-8-4-5-9-14(13)16)17-11-12-6-2-1-3-7-12/h1-9,15,17H,10-11H2. The van der Waals surface area contributed by atoms with Crippen molar-refractivity contribution in [3.8, 4) is 0 Å². The first-order valence-electron chi connectivity index (χ1n) is 6.24. The number of benzene rings is 2. The Hall–Kier alpha value is -1.93. The highest BCUT2D eigenvalue weighted by molar-refractivity contribution is 6.01. The summed E-state index contributed by atoms with van der Waals surface area (Å²) >= 11 is 0. The van der Waals surface area contributed by atoms with Crippen molar-refractivity contribution in [3.05, 3.63) is 71.3 Å². The van der Waals surface area contributed by atoms with E-state index in [1.807, 2.05) is 42.5 Å². The number of Topliss-reactive ketones (excluding diaryl/α,β-unsaturated/α-hetero) is 1. The van der Waals surface area contributed by atoms with Crippen molar-refractivity contribution in [1.82, 2.24) is 5.32 Å². The Balaban J connectivity index is 1.74. The number of nitrogens with one attached hydrogen (secondary N) is 1. The summed E-state index contributed by atoms with van der Waals surface area (Å²) in [6.07, 6.45) is 0.576. The minimum Gasteiger partial charge on any atom is -0.305 e. The number of ketones is 1.